The molecule has 1 aliphatic heterocycles. The number of alkyl halides is 1. The van der Waals surface area contributed by atoms with Gasteiger partial charge < -0.3 is 10.0 Å². The van der Waals surface area contributed by atoms with Crippen LogP contribution in [-0.2, 0) is 6.61 Å². The Labute approximate surface area is 89.3 Å². The number of aliphatic hydroxyl groups excluding tert-OH is 1. The number of hydrogen-bond donors (Lipinski definition) is 1. The summed E-state index contributed by atoms with van der Waals surface area (Å²) in [7, 11) is 0. The molecular weight excluding hydrogens is 193 g/mol. The molecule has 0 saturated carbocycles. The summed E-state index contributed by atoms with van der Waals surface area (Å²) in [6.07, 6.45) is 1.76. The van der Waals surface area contributed by atoms with Crippen molar-refractivity contribution in [3.05, 3.63) is 29.8 Å². The molecule has 1 N–H and O–H groups in total. The quantitative estimate of drug-likeness (QED) is 0.756. The van der Waals surface area contributed by atoms with Gasteiger partial charge in [-0.1, -0.05) is 12.1 Å². The molecule has 2 rings (SSSR count). The van der Waals surface area contributed by atoms with Crippen LogP contribution in [-0.4, -0.2) is 17.9 Å². The molecule has 1 aliphatic rings. The molecule has 0 radical (unpaired) electrons. The van der Waals surface area contributed by atoms with Gasteiger partial charge in [-0.2, -0.15) is 0 Å². The lowest BCUT2D eigenvalue weighted by molar-refractivity contribution is 0.265. The number of halogens is 1. The summed E-state index contributed by atoms with van der Waals surface area (Å²) < 4.78 is 13.6. The zero-order valence-electron chi connectivity index (χ0n) is 8.69. The highest BCUT2D eigenvalue weighted by molar-refractivity contribution is 5.49. The first-order valence-electron chi connectivity index (χ1n) is 5.42. The lowest BCUT2D eigenvalue weighted by Gasteiger charge is -2.32. The van der Waals surface area contributed by atoms with E-state index in [2.05, 4.69) is 0 Å². The molecule has 0 bridgehead atoms. The maximum Gasteiger partial charge on any atom is 0.172 e. The van der Waals surface area contributed by atoms with Crippen LogP contribution in [0.1, 0.15) is 24.8 Å². The molecule has 15 heavy (non-hydrogen) atoms. The SMILES string of the molecule is OCc1cccc(N2CCCCC2F)c1. The number of anilines is 1. The van der Waals surface area contributed by atoms with Crippen LogP contribution in [0.15, 0.2) is 24.3 Å². The van der Waals surface area contributed by atoms with E-state index in [0.717, 1.165) is 30.6 Å². The number of rotatable bonds is 2. The fourth-order valence-electron chi connectivity index (χ4n) is 2.02. The van der Waals surface area contributed by atoms with E-state index >= 15 is 0 Å². The Balaban J connectivity index is 2.19. The Morgan fingerprint density at radius 2 is 2.27 bits per heavy atom. The molecular formula is C12H16FNO. The standard InChI is InChI=1S/C12H16FNO/c13-12-6-1-2-7-14(12)11-5-3-4-10(8-11)9-15/h3-5,8,12,15H,1-2,6-7,9H2. The van der Waals surface area contributed by atoms with Crippen LogP contribution in [0.25, 0.3) is 0 Å². The van der Waals surface area contributed by atoms with Crippen molar-refractivity contribution in [1.82, 2.24) is 0 Å². The third-order valence-corrected chi connectivity index (χ3v) is 2.85. The molecule has 1 unspecified atom stereocenters. The van der Waals surface area contributed by atoms with Crippen molar-refractivity contribution in [2.24, 2.45) is 0 Å². The average molecular weight is 209 g/mol. The lowest BCUT2D eigenvalue weighted by Crippen LogP contribution is -2.36. The van der Waals surface area contributed by atoms with Gasteiger partial charge in [-0.3, -0.25) is 0 Å². The first kappa shape index (κ1) is 10.4. The lowest BCUT2D eigenvalue weighted by atomic mass is 10.1. The molecule has 82 valence electrons. The maximum atomic E-state index is 13.6. The first-order valence-corrected chi connectivity index (χ1v) is 5.42. The van der Waals surface area contributed by atoms with Gasteiger partial charge >= 0.3 is 0 Å². The molecule has 1 atom stereocenters. The third kappa shape index (κ3) is 2.29. The van der Waals surface area contributed by atoms with E-state index in [1.807, 2.05) is 24.3 Å². The number of benzene rings is 1. The topological polar surface area (TPSA) is 23.5 Å². The van der Waals surface area contributed by atoms with Crippen LogP contribution in [0.2, 0.25) is 0 Å². The summed E-state index contributed by atoms with van der Waals surface area (Å²) in [5, 5.41) is 9.01. The van der Waals surface area contributed by atoms with Gasteiger partial charge in [0.2, 0.25) is 0 Å². The summed E-state index contributed by atoms with van der Waals surface area (Å²) in [6.45, 7) is 0.786. The second-order valence-electron chi connectivity index (χ2n) is 3.95. The van der Waals surface area contributed by atoms with Gasteiger partial charge in [-0.25, -0.2) is 4.39 Å². The predicted molar refractivity (Wildman–Crippen MR) is 58.5 cm³/mol. The van der Waals surface area contributed by atoms with Gasteiger partial charge in [0.05, 0.1) is 6.61 Å². The van der Waals surface area contributed by atoms with Crippen molar-refractivity contribution in [3.63, 3.8) is 0 Å². The van der Waals surface area contributed by atoms with Crippen LogP contribution in [0.4, 0.5) is 10.1 Å². The van der Waals surface area contributed by atoms with E-state index in [4.69, 9.17) is 5.11 Å². The minimum Gasteiger partial charge on any atom is -0.392 e. The normalized spacial score (nSPS) is 21.7. The van der Waals surface area contributed by atoms with Crippen LogP contribution >= 0.6 is 0 Å². The Kier molecular flexibility index (Phi) is 3.21. The molecule has 1 saturated heterocycles. The molecule has 0 aromatic heterocycles. The Hall–Kier alpha value is -1.09. The van der Waals surface area contributed by atoms with Crippen molar-refractivity contribution in [1.29, 1.82) is 0 Å². The predicted octanol–water partition coefficient (Wildman–Crippen LogP) is 2.46. The van der Waals surface area contributed by atoms with Crippen molar-refractivity contribution in [2.75, 3.05) is 11.4 Å². The Morgan fingerprint density at radius 3 is 3.00 bits per heavy atom. The summed E-state index contributed by atoms with van der Waals surface area (Å²) >= 11 is 0. The first-order chi connectivity index (χ1) is 7.31. The number of piperidine rings is 1. The van der Waals surface area contributed by atoms with Crippen molar-refractivity contribution < 1.29 is 9.50 Å². The Morgan fingerprint density at radius 1 is 1.40 bits per heavy atom. The Bertz CT molecular complexity index is 329. The fraction of sp³-hybridized carbons (Fsp3) is 0.500. The zero-order chi connectivity index (χ0) is 10.7. The zero-order valence-corrected chi connectivity index (χ0v) is 8.69. The maximum absolute atomic E-state index is 13.6. The average Bonchev–Trinajstić information content (AvgIpc) is 2.30. The summed E-state index contributed by atoms with van der Waals surface area (Å²) in [5.74, 6) is 0. The van der Waals surface area contributed by atoms with Gasteiger partial charge in [0.25, 0.3) is 0 Å². The number of nitrogens with zero attached hydrogens (tertiary/aromatic N) is 1. The molecule has 0 spiro atoms. The van der Waals surface area contributed by atoms with Gasteiger partial charge in [0.15, 0.2) is 6.30 Å². The largest absolute Gasteiger partial charge is 0.392 e. The second-order valence-corrected chi connectivity index (χ2v) is 3.95. The van der Waals surface area contributed by atoms with Gasteiger partial charge in [0.1, 0.15) is 0 Å². The van der Waals surface area contributed by atoms with E-state index in [0.29, 0.717) is 6.42 Å². The highest BCUT2D eigenvalue weighted by atomic mass is 19.1. The number of aliphatic hydroxyl groups is 1. The summed E-state index contributed by atoms with van der Waals surface area (Å²) in [6, 6.07) is 7.47. The molecule has 1 aromatic carbocycles. The van der Waals surface area contributed by atoms with Crippen molar-refractivity contribution in [2.45, 2.75) is 32.2 Å². The van der Waals surface area contributed by atoms with E-state index in [1.165, 1.54) is 0 Å². The van der Waals surface area contributed by atoms with Gasteiger partial charge in [0, 0.05) is 12.2 Å². The van der Waals surface area contributed by atoms with Crippen LogP contribution in [0, 0.1) is 0 Å². The highest BCUT2D eigenvalue weighted by Crippen LogP contribution is 2.26. The third-order valence-electron chi connectivity index (χ3n) is 2.85. The van der Waals surface area contributed by atoms with Gasteiger partial charge in [-0.05, 0) is 37.0 Å². The van der Waals surface area contributed by atoms with Crippen LogP contribution in [0.5, 0.6) is 0 Å². The molecule has 1 heterocycles. The molecule has 1 aromatic rings. The molecule has 0 aliphatic carbocycles. The van der Waals surface area contributed by atoms with E-state index in [1.54, 1.807) is 4.90 Å². The smallest absolute Gasteiger partial charge is 0.172 e. The molecule has 2 nitrogen and oxygen atoms in total. The van der Waals surface area contributed by atoms with E-state index in [9.17, 15) is 4.39 Å². The van der Waals surface area contributed by atoms with Crippen molar-refractivity contribution in [3.8, 4) is 0 Å². The molecule has 3 heteroatoms. The summed E-state index contributed by atoms with van der Waals surface area (Å²) in [4.78, 5) is 1.78. The fourth-order valence-corrected chi connectivity index (χ4v) is 2.02. The van der Waals surface area contributed by atoms with E-state index in [-0.39, 0.29) is 6.61 Å². The van der Waals surface area contributed by atoms with Gasteiger partial charge in [-0.15, -0.1) is 0 Å². The highest BCUT2D eigenvalue weighted by Gasteiger charge is 2.21. The van der Waals surface area contributed by atoms with Crippen LogP contribution < -0.4 is 4.90 Å². The molecule has 0 amide bonds. The second kappa shape index (κ2) is 4.62. The van der Waals surface area contributed by atoms with E-state index < -0.39 is 6.30 Å². The summed E-state index contributed by atoms with van der Waals surface area (Å²) in [5.41, 5.74) is 1.72. The number of hydrogen-bond acceptors (Lipinski definition) is 2. The van der Waals surface area contributed by atoms with Crippen LogP contribution in [0.3, 0.4) is 0 Å². The monoisotopic (exact) mass is 209 g/mol. The molecule has 1 fully saturated rings. The minimum absolute atomic E-state index is 0.0125. The minimum atomic E-state index is -0.868. The van der Waals surface area contributed by atoms with Crippen molar-refractivity contribution >= 4 is 5.69 Å².